The second kappa shape index (κ2) is 7.34. The number of thiophene rings is 1. The zero-order chi connectivity index (χ0) is 16.1. The summed E-state index contributed by atoms with van der Waals surface area (Å²) in [5.41, 5.74) is 4.92. The molecule has 0 fully saturated rings. The van der Waals surface area contributed by atoms with Gasteiger partial charge in [-0.05, 0) is 61.4 Å². The van der Waals surface area contributed by atoms with Crippen molar-refractivity contribution in [2.24, 2.45) is 0 Å². The highest BCUT2D eigenvalue weighted by molar-refractivity contribution is 7.12. The topological polar surface area (TPSA) is 24.1 Å². The predicted molar refractivity (Wildman–Crippen MR) is 101 cm³/mol. The number of hydrogen-bond acceptors (Lipinski definition) is 3. The maximum atomic E-state index is 3.49. The molecule has 0 spiro atoms. The Morgan fingerprint density at radius 3 is 1.61 bits per heavy atom. The predicted octanol–water partition coefficient (Wildman–Crippen LogP) is 5.59. The highest BCUT2D eigenvalue weighted by Gasteiger charge is 2.01. The summed E-state index contributed by atoms with van der Waals surface area (Å²) in [5, 5.41) is 6.97. The van der Waals surface area contributed by atoms with Crippen LogP contribution >= 0.6 is 11.3 Å². The number of hydrogen-bond donors (Lipinski definition) is 2. The summed E-state index contributed by atoms with van der Waals surface area (Å²) in [7, 11) is 0. The quantitative estimate of drug-likeness (QED) is 0.618. The van der Waals surface area contributed by atoms with Crippen LogP contribution in [0.15, 0.2) is 60.7 Å². The van der Waals surface area contributed by atoms with E-state index in [-0.39, 0.29) is 0 Å². The van der Waals surface area contributed by atoms with Crippen molar-refractivity contribution in [3.63, 3.8) is 0 Å². The molecule has 0 amide bonds. The number of benzene rings is 2. The molecule has 3 heteroatoms. The second-order valence-electron chi connectivity index (χ2n) is 5.81. The third kappa shape index (κ3) is 4.60. The standard InChI is InChI=1S/C20H22N2S/c1-15-5-3-7-17(11-15)21-13-19-9-10-20(23-19)14-22-18-8-4-6-16(2)12-18/h3-12,21-22H,13-14H2,1-2H3. The molecule has 1 aromatic heterocycles. The lowest BCUT2D eigenvalue weighted by atomic mass is 10.2. The van der Waals surface area contributed by atoms with E-state index in [0.29, 0.717) is 0 Å². The van der Waals surface area contributed by atoms with Gasteiger partial charge in [0.1, 0.15) is 0 Å². The summed E-state index contributed by atoms with van der Waals surface area (Å²) in [6.07, 6.45) is 0. The van der Waals surface area contributed by atoms with E-state index in [0.717, 1.165) is 13.1 Å². The summed E-state index contributed by atoms with van der Waals surface area (Å²) in [4.78, 5) is 2.71. The van der Waals surface area contributed by atoms with Gasteiger partial charge in [-0.25, -0.2) is 0 Å². The van der Waals surface area contributed by atoms with E-state index in [1.807, 2.05) is 11.3 Å². The van der Waals surface area contributed by atoms with Crippen LogP contribution in [0.5, 0.6) is 0 Å². The average molecular weight is 322 g/mol. The van der Waals surface area contributed by atoms with Gasteiger partial charge < -0.3 is 10.6 Å². The Morgan fingerprint density at radius 1 is 0.696 bits per heavy atom. The van der Waals surface area contributed by atoms with Gasteiger partial charge in [0, 0.05) is 34.2 Å². The lowest BCUT2D eigenvalue weighted by molar-refractivity contribution is 1.19. The zero-order valence-electron chi connectivity index (χ0n) is 13.6. The molecule has 2 aromatic carbocycles. The molecule has 0 bridgehead atoms. The molecular weight excluding hydrogens is 300 g/mol. The van der Waals surface area contributed by atoms with Gasteiger partial charge in [-0.15, -0.1) is 11.3 Å². The maximum Gasteiger partial charge on any atom is 0.0494 e. The summed E-state index contributed by atoms with van der Waals surface area (Å²) in [6, 6.07) is 21.4. The minimum Gasteiger partial charge on any atom is -0.380 e. The first-order valence-electron chi connectivity index (χ1n) is 7.88. The smallest absolute Gasteiger partial charge is 0.0494 e. The zero-order valence-corrected chi connectivity index (χ0v) is 14.4. The van der Waals surface area contributed by atoms with Gasteiger partial charge in [0.25, 0.3) is 0 Å². The Balaban J connectivity index is 1.53. The Hall–Kier alpha value is -2.26. The van der Waals surface area contributed by atoms with E-state index in [1.165, 1.54) is 32.3 Å². The van der Waals surface area contributed by atoms with Gasteiger partial charge in [-0.2, -0.15) is 0 Å². The molecule has 118 valence electrons. The first-order valence-corrected chi connectivity index (χ1v) is 8.69. The maximum absolute atomic E-state index is 3.49. The molecule has 0 aliphatic rings. The van der Waals surface area contributed by atoms with Crippen molar-refractivity contribution in [2.75, 3.05) is 10.6 Å². The number of rotatable bonds is 6. The monoisotopic (exact) mass is 322 g/mol. The van der Waals surface area contributed by atoms with Gasteiger partial charge in [0.2, 0.25) is 0 Å². The molecule has 2 N–H and O–H groups in total. The molecule has 0 aliphatic heterocycles. The van der Waals surface area contributed by atoms with E-state index in [4.69, 9.17) is 0 Å². The summed E-state index contributed by atoms with van der Waals surface area (Å²) >= 11 is 1.85. The highest BCUT2D eigenvalue weighted by Crippen LogP contribution is 2.20. The normalized spacial score (nSPS) is 10.5. The molecule has 23 heavy (non-hydrogen) atoms. The molecule has 0 unspecified atom stereocenters. The fraction of sp³-hybridized carbons (Fsp3) is 0.200. The van der Waals surface area contributed by atoms with Crippen molar-refractivity contribution < 1.29 is 0 Å². The summed E-state index contributed by atoms with van der Waals surface area (Å²) in [6.45, 7) is 5.98. The molecule has 0 saturated carbocycles. The minimum atomic E-state index is 0.874. The van der Waals surface area contributed by atoms with Gasteiger partial charge >= 0.3 is 0 Å². The van der Waals surface area contributed by atoms with E-state index in [2.05, 4.69) is 85.1 Å². The van der Waals surface area contributed by atoms with Crippen LogP contribution in [0.2, 0.25) is 0 Å². The van der Waals surface area contributed by atoms with Crippen molar-refractivity contribution in [1.82, 2.24) is 0 Å². The first-order chi connectivity index (χ1) is 11.2. The molecule has 0 atom stereocenters. The third-order valence-electron chi connectivity index (χ3n) is 3.69. The van der Waals surface area contributed by atoms with Crippen molar-refractivity contribution in [2.45, 2.75) is 26.9 Å². The molecule has 1 heterocycles. The SMILES string of the molecule is Cc1cccc(NCc2ccc(CNc3cccc(C)c3)s2)c1. The van der Waals surface area contributed by atoms with Gasteiger partial charge in [0.15, 0.2) is 0 Å². The number of nitrogens with one attached hydrogen (secondary N) is 2. The first kappa shape index (κ1) is 15.6. The summed E-state index contributed by atoms with van der Waals surface area (Å²) < 4.78 is 0. The molecule has 2 nitrogen and oxygen atoms in total. The lowest BCUT2D eigenvalue weighted by Gasteiger charge is -2.06. The second-order valence-corrected chi connectivity index (χ2v) is 7.07. The van der Waals surface area contributed by atoms with Crippen LogP contribution in [0, 0.1) is 13.8 Å². The van der Waals surface area contributed by atoms with Crippen LogP contribution in [-0.2, 0) is 13.1 Å². The molecule has 3 rings (SSSR count). The molecular formula is C20H22N2S. The molecule has 3 aromatic rings. The average Bonchev–Trinajstić information content (AvgIpc) is 2.99. The van der Waals surface area contributed by atoms with Gasteiger partial charge in [0.05, 0.1) is 0 Å². The van der Waals surface area contributed by atoms with Crippen molar-refractivity contribution in [3.8, 4) is 0 Å². The van der Waals surface area contributed by atoms with Crippen LogP contribution in [0.3, 0.4) is 0 Å². The largest absolute Gasteiger partial charge is 0.380 e. The number of anilines is 2. The fourth-order valence-corrected chi connectivity index (χ4v) is 3.40. The minimum absolute atomic E-state index is 0.874. The van der Waals surface area contributed by atoms with E-state index < -0.39 is 0 Å². The van der Waals surface area contributed by atoms with Gasteiger partial charge in [-0.1, -0.05) is 24.3 Å². The van der Waals surface area contributed by atoms with E-state index in [9.17, 15) is 0 Å². The number of aryl methyl sites for hydroxylation is 2. The Kier molecular flexibility index (Phi) is 4.99. The van der Waals surface area contributed by atoms with Crippen LogP contribution < -0.4 is 10.6 Å². The third-order valence-corrected chi connectivity index (χ3v) is 4.77. The Bertz CT molecular complexity index is 713. The summed E-state index contributed by atoms with van der Waals surface area (Å²) in [5.74, 6) is 0. The lowest BCUT2D eigenvalue weighted by Crippen LogP contribution is -1.98. The van der Waals surface area contributed by atoms with Crippen LogP contribution in [0.1, 0.15) is 20.9 Å². The van der Waals surface area contributed by atoms with E-state index in [1.54, 1.807) is 0 Å². The van der Waals surface area contributed by atoms with Crippen LogP contribution in [-0.4, -0.2) is 0 Å². The molecule has 0 radical (unpaired) electrons. The highest BCUT2D eigenvalue weighted by atomic mass is 32.1. The fourth-order valence-electron chi connectivity index (χ4n) is 2.50. The van der Waals surface area contributed by atoms with Crippen LogP contribution in [0.4, 0.5) is 11.4 Å². The Labute approximate surface area is 142 Å². The van der Waals surface area contributed by atoms with Gasteiger partial charge in [-0.3, -0.25) is 0 Å². The van der Waals surface area contributed by atoms with Crippen molar-refractivity contribution in [1.29, 1.82) is 0 Å². The molecule has 0 aliphatic carbocycles. The van der Waals surface area contributed by atoms with E-state index >= 15 is 0 Å². The Morgan fingerprint density at radius 2 is 1.17 bits per heavy atom. The van der Waals surface area contributed by atoms with Crippen molar-refractivity contribution >= 4 is 22.7 Å². The van der Waals surface area contributed by atoms with Crippen LogP contribution in [0.25, 0.3) is 0 Å². The molecule has 0 saturated heterocycles. The van der Waals surface area contributed by atoms with Crippen molar-refractivity contribution in [3.05, 3.63) is 81.5 Å².